The average molecular weight is 259 g/mol. The van der Waals surface area contributed by atoms with Gasteiger partial charge in [0.15, 0.2) is 0 Å². The molecule has 0 aromatic rings. The fraction of sp³-hybridized carbons (Fsp3) is 1.00. The summed E-state index contributed by atoms with van der Waals surface area (Å²) >= 11 is 3.41. The summed E-state index contributed by atoms with van der Waals surface area (Å²) in [7, 11) is 0. The quantitative estimate of drug-likeness (QED) is 0.718. The molecule has 2 N–H and O–H groups in total. The molecule has 0 spiro atoms. The minimum absolute atomic E-state index is 0. The van der Waals surface area contributed by atoms with Gasteiger partial charge in [-0.2, -0.15) is 0 Å². The van der Waals surface area contributed by atoms with Crippen molar-refractivity contribution in [3.63, 3.8) is 0 Å². The Morgan fingerprint density at radius 3 is 2.00 bits per heavy atom. The van der Waals surface area contributed by atoms with Crippen LogP contribution in [0.5, 0.6) is 0 Å². The molecular formula is C6H13Br2N. The van der Waals surface area contributed by atoms with Gasteiger partial charge in [-0.25, -0.2) is 0 Å². The Bertz CT molecular complexity index is 79.1. The van der Waals surface area contributed by atoms with E-state index in [1.807, 2.05) is 0 Å². The van der Waals surface area contributed by atoms with Crippen molar-refractivity contribution in [3.8, 4) is 0 Å². The summed E-state index contributed by atoms with van der Waals surface area (Å²) in [6, 6.07) is 0. The molecule has 0 saturated heterocycles. The topological polar surface area (TPSA) is 26.0 Å². The first kappa shape index (κ1) is 9.92. The van der Waals surface area contributed by atoms with Crippen LogP contribution in [0.2, 0.25) is 0 Å². The third-order valence-electron chi connectivity index (χ3n) is 1.87. The molecular weight excluding hydrogens is 246 g/mol. The Morgan fingerprint density at radius 1 is 1.33 bits per heavy atom. The number of hydrogen-bond acceptors (Lipinski definition) is 1. The molecule has 9 heavy (non-hydrogen) atoms. The summed E-state index contributed by atoms with van der Waals surface area (Å²) in [5.74, 6) is 0. The van der Waals surface area contributed by atoms with Gasteiger partial charge in [-0.05, 0) is 12.8 Å². The van der Waals surface area contributed by atoms with Crippen molar-refractivity contribution in [2.24, 2.45) is 5.73 Å². The third kappa shape index (κ3) is 2.56. The van der Waals surface area contributed by atoms with E-state index >= 15 is 0 Å². The first-order valence-electron chi connectivity index (χ1n) is 3.12. The fourth-order valence-electron chi connectivity index (χ4n) is 1.21. The Kier molecular flexibility index (Phi) is 4.34. The molecule has 1 nitrogen and oxygen atoms in total. The zero-order chi connectivity index (χ0) is 6.04. The lowest BCUT2D eigenvalue weighted by Gasteiger charge is -2.18. The maximum absolute atomic E-state index is 5.91. The maximum Gasteiger partial charge on any atom is 0.0252 e. The molecule has 1 saturated carbocycles. The second kappa shape index (κ2) is 3.94. The number of hydrogen-bond donors (Lipinski definition) is 1. The summed E-state index contributed by atoms with van der Waals surface area (Å²) < 4.78 is 0. The summed E-state index contributed by atoms with van der Waals surface area (Å²) in [5.41, 5.74) is 6.06. The minimum atomic E-state index is 0. The summed E-state index contributed by atoms with van der Waals surface area (Å²) in [6.07, 6.45) is 5.06. The molecule has 0 amide bonds. The SMILES string of the molecule is Br.NC1(CBr)CCCC1. The highest BCUT2D eigenvalue weighted by atomic mass is 79.9. The lowest BCUT2D eigenvalue weighted by atomic mass is 10.0. The monoisotopic (exact) mass is 257 g/mol. The van der Waals surface area contributed by atoms with Gasteiger partial charge in [0.1, 0.15) is 0 Å². The predicted octanol–water partition coefficient (Wildman–Crippen LogP) is 2.23. The van der Waals surface area contributed by atoms with Crippen molar-refractivity contribution in [1.82, 2.24) is 0 Å². The molecule has 1 rings (SSSR count). The molecule has 0 aromatic heterocycles. The summed E-state index contributed by atoms with van der Waals surface area (Å²) in [4.78, 5) is 0. The van der Waals surface area contributed by atoms with Crippen LogP contribution >= 0.6 is 32.9 Å². The van der Waals surface area contributed by atoms with Crippen LogP contribution in [0.25, 0.3) is 0 Å². The first-order chi connectivity index (χ1) is 3.77. The molecule has 56 valence electrons. The van der Waals surface area contributed by atoms with Crippen molar-refractivity contribution >= 4 is 32.9 Å². The molecule has 0 aliphatic heterocycles. The zero-order valence-corrected chi connectivity index (χ0v) is 8.70. The predicted molar refractivity (Wildman–Crippen MR) is 49.5 cm³/mol. The van der Waals surface area contributed by atoms with Gasteiger partial charge in [0.2, 0.25) is 0 Å². The molecule has 0 bridgehead atoms. The first-order valence-corrected chi connectivity index (χ1v) is 4.24. The molecule has 0 atom stereocenters. The maximum atomic E-state index is 5.91. The van der Waals surface area contributed by atoms with E-state index in [9.17, 15) is 0 Å². The normalized spacial score (nSPS) is 23.3. The summed E-state index contributed by atoms with van der Waals surface area (Å²) in [6.45, 7) is 0. The Morgan fingerprint density at radius 2 is 1.78 bits per heavy atom. The van der Waals surface area contributed by atoms with Gasteiger partial charge in [0.05, 0.1) is 0 Å². The van der Waals surface area contributed by atoms with E-state index in [1.165, 1.54) is 25.7 Å². The number of alkyl halides is 1. The van der Waals surface area contributed by atoms with E-state index in [4.69, 9.17) is 5.73 Å². The highest BCUT2D eigenvalue weighted by Crippen LogP contribution is 2.28. The Hall–Kier alpha value is 0.920. The van der Waals surface area contributed by atoms with Crippen LogP contribution in [0.1, 0.15) is 25.7 Å². The van der Waals surface area contributed by atoms with Crippen LogP contribution in [-0.4, -0.2) is 10.9 Å². The highest BCUT2D eigenvalue weighted by molar-refractivity contribution is 9.09. The molecule has 1 aliphatic carbocycles. The van der Waals surface area contributed by atoms with Crippen molar-refractivity contribution in [3.05, 3.63) is 0 Å². The van der Waals surface area contributed by atoms with Gasteiger partial charge in [-0.15, -0.1) is 17.0 Å². The van der Waals surface area contributed by atoms with Gasteiger partial charge in [-0.1, -0.05) is 28.8 Å². The number of nitrogens with two attached hydrogens (primary N) is 1. The zero-order valence-electron chi connectivity index (χ0n) is 5.40. The Labute approximate surface area is 75.3 Å². The Balaban J connectivity index is 0.000000640. The van der Waals surface area contributed by atoms with Crippen molar-refractivity contribution in [1.29, 1.82) is 0 Å². The van der Waals surface area contributed by atoms with E-state index in [2.05, 4.69) is 15.9 Å². The largest absolute Gasteiger partial charge is 0.324 e. The van der Waals surface area contributed by atoms with Crippen LogP contribution in [-0.2, 0) is 0 Å². The minimum Gasteiger partial charge on any atom is -0.324 e. The van der Waals surface area contributed by atoms with Crippen LogP contribution in [0.3, 0.4) is 0 Å². The standard InChI is InChI=1S/C6H12BrN.BrH/c7-5-6(8)3-1-2-4-6;/h1-5,8H2;1H. The van der Waals surface area contributed by atoms with Gasteiger partial charge in [0, 0.05) is 10.9 Å². The lowest BCUT2D eigenvalue weighted by molar-refractivity contribution is 0.500. The van der Waals surface area contributed by atoms with Gasteiger partial charge in [0.25, 0.3) is 0 Å². The van der Waals surface area contributed by atoms with Crippen LogP contribution < -0.4 is 5.73 Å². The molecule has 1 fully saturated rings. The fourth-order valence-corrected chi connectivity index (χ4v) is 1.77. The number of halogens is 2. The average Bonchev–Trinajstić information content (AvgIpc) is 2.17. The van der Waals surface area contributed by atoms with Crippen molar-refractivity contribution < 1.29 is 0 Å². The number of rotatable bonds is 1. The molecule has 0 aromatic carbocycles. The second-order valence-electron chi connectivity index (χ2n) is 2.70. The smallest absolute Gasteiger partial charge is 0.0252 e. The summed E-state index contributed by atoms with van der Waals surface area (Å²) in [5, 5.41) is 0.972. The van der Waals surface area contributed by atoms with Gasteiger partial charge in [-0.3, -0.25) is 0 Å². The van der Waals surface area contributed by atoms with Crippen molar-refractivity contribution in [2.75, 3.05) is 5.33 Å². The van der Waals surface area contributed by atoms with Crippen LogP contribution in [0.15, 0.2) is 0 Å². The third-order valence-corrected chi connectivity index (χ3v) is 2.98. The molecule has 1 aliphatic rings. The van der Waals surface area contributed by atoms with E-state index in [1.54, 1.807) is 0 Å². The van der Waals surface area contributed by atoms with Gasteiger partial charge >= 0.3 is 0 Å². The molecule has 0 heterocycles. The highest BCUT2D eigenvalue weighted by Gasteiger charge is 2.27. The molecule has 0 radical (unpaired) electrons. The van der Waals surface area contributed by atoms with E-state index < -0.39 is 0 Å². The van der Waals surface area contributed by atoms with E-state index in [0.29, 0.717) is 0 Å². The lowest BCUT2D eigenvalue weighted by Crippen LogP contribution is -2.37. The molecule has 0 unspecified atom stereocenters. The van der Waals surface area contributed by atoms with Crippen LogP contribution in [0, 0.1) is 0 Å². The second-order valence-corrected chi connectivity index (χ2v) is 3.26. The van der Waals surface area contributed by atoms with Crippen LogP contribution in [0.4, 0.5) is 0 Å². The molecule has 3 heteroatoms. The van der Waals surface area contributed by atoms with Crippen molar-refractivity contribution in [2.45, 2.75) is 31.2 Å². The van der Waals surface area contributed by atoms with E-state index in [-0.39, 0.29) is 22.5 Å². The van der Waals surface area contributed by atoms with E-state index in [0.717, 1.165) is 5.33 Å². The van der Waals surface area contributed by atoms with Gasteiger partial charge < -0.3 is 5.73 Å².